The fraction of sp³-hybridized carbons (Fsp3) is 0.500. The normalized spacial score (nSPS) is 17.4. The van der Waals surface area contributed by atoms with E-state index in [4.69, 9.17) is 4.74 Å². The van der Waals surface area contributed by atoms with Gasteiger partial charge in [-0.3, -0.25) is 9.69 Å². The Bertz CT molecular complexity index is 380. The number of piperidine rings is 1. The molecule has 1 heterocycles. The van der Waals surface area contributed by atoms with Crippen molar-refractivity contribution in [1.29, 1.82) is 0 Å². The van der Waals surface area contributed by atoms with Crippen molar-refractivity contribution in [3.8, 4) is 0 Å². The quantitative estimate of drug-likeness (QED) is 0.796. The molecule has 92 valence electrons. The molecule has 0 atom stereocenters. The molecule has 1 aromatic rings. The predicted molar refractivity (Wildman–Crippen MR) is 66.7 cm³/mol. The standard InChI is InChI=1S/C14H19NO2/c1-17-11-13-4-2-3-12(9-13)10-15-7-5-14(16)6-8-15/h2-4,9H,5-8,10-11H2,1H3. The molecule has 0 spiro atoms. The Balaban J connectivity index is 1.93. The summed E-state index contributed by atoms with van der Waals surface area (Å²) in [6.07, 6.45) is 1.41. The van der Waals surface area contributed by atoms with Crippen molar-refractivity contribution < 1.29 is 9.53 Å². The first-order valence-corrected chi connectivity index (χ1v) is 6.09. The average Bonchev–Trinajstić information content (AvgIpc) is 2.33. The van der Waals surface area contributed by atoms with Crippen molar-refractivity contribution >= 4 is 5.78 Å². The van der Waals surface area contributed by atoms with Crippen LogP contribution in [0.3, 0.4) is 0 Å². The highest BCUT2D eigenvalue weighted by Gasteiger charge is 2.15. The lowest BCUT2D eigenvalue weighted by atomic mass is 10.1. The van der Waals surface area contributed by atoms with Gasteiger partial charge in [-0.15, -0.1) is 0 Å². The number of methoxy groups -OCH3 is 1. The van der Waals surface area contributed by atoms with Gasteiger partial charge in [-0.25, -0.2) is 0 Å². The van der Waals surface area contributed by atoms with Gasteiger partial charge in [-0.1, -0.05) is 24.3 Å². The van der Waals surface area contributed by atoms with Crippen molar-refractivity contribution in [1.82, 2.24) is 4.90 Å². The first kappa shape index (κ1) is 12.3. The lowest BCUT2D eigenvalue weighted by Crippen LogP contribution is -2.33. The molecule has 1 saturated heterocycles. The number of benzene rings is 1. The van der Waals surface area contributed by atoms with E-state index in [1.54, 1.807) is 7.11 Å². The van der Waals surface area contributed by atoms with Gasteiger partial charge >= 0.3 is 0 Å². The molecule has 0 aromatic heterocycles. The van der Waals surface area contributed by atoms with Crippen LogP contribution < -0.4 is 0 Å². The van der Waals surface area contributed by atoms with Crippen LogP contribution in [0.15, 0.2) is 24.3 Å². The molecular formula is C14H19NO2. The van der Waals surface area contributed by atoms with Crippen LogP contribution in [0.2, 0.25) is 0 Å². The Morgan fingerprint density at radius 1 is 1.24 bits per heavy atom. The minimum absolute atomic E-state index is 0.398. The zero-order valence-corrected chi connectivity index (χ0v) is 10.3. The number of carbonyl (C=O) groups is 1. The molecule has 3 nitrogen and oxygen atoms in total. The van der Waals surface area contributed by atoms with E-state index < -0.39 is 0 Å². The lowest BCUT2D eigenvalue weighted by molar-refractivity contribution is -0.121. The highest BCUT2D eigenvalue weighted by Crippen LogP contribution is 2.13. The summed E-state index contributed by atoms with van der Waals surface area (Å²) in [5, 5.41) is 0. The lowest BCUT2D eigenvalue weighted by Gasteiger charge is -2.25. The minimum Gasteiger partial charge on any atom is -0.380 e. The Morgan fingerprint density at radius 3 is 2.65 bits per heavy atom. The van der Waals surface area contributed by atoms with Crippen molar-refractivity contribution in [2.45, 2.75) is 26.0 Å². The second kappa shape index (κ2) is 5.94. The summed E-state index contributed by atoms with van der Waals surface area (Å²) in [5.74, 6) is 0.398. The molecule has 2 rings (SSSR count). The number of Topliss-reactive ketones (excluding diaryl/α,β-unsaturated/α-hetero) is 1. The van der Waals surface area contributed by atoms with Gasteiger partial charge in [-0.2, -0.15) is 0 Å². The van der Waals surface area contributed by atoms with Gasteiger partial charge in [-0.05, 0) is 11.1 Å². The Labute approximate surface area is 102 Å². The topological polar surface area (TPSA) is 29.5 Å². The fourth-order valence-corrected chi connectivity index (χ4v) is 2.20. The molecule has 1 aliphatic heterocycles. The molecular weight excluding hydrogens is 214 g/mol. The third-order valence-corrected chi connectivity index (χ3v) is 3.12. The van der Waals surface area contributed by atoms with Crippen LogP contribution in [0.25, 0.3) is 0 Å². The zero-order chi connectivity index (χ0) is 12.1. The van der Waals surface area contributed by atoms with Crippen LogP contribution in [0.5, 0.6) is 0 Å². The van der Waals surface area contributed by atoms with Crippen LogP contribution in [0.4, 0.5) is 0 Å². The number of nitrogens with zero attached hydrogens (tertiary/aromatic N) is 1. The van der Waals surface area contributed by atoms with E-state index >= 15 is 0 Å². The molecule has 0 amide bonds. The predicted octanol–water partition coefficient (Wildman–Crippen LogP) is 2.00. The van der Waals surface area contributed by atoms with E-state index in [2.05, 4.69) is 29.2 Å². The van der Waals surface area contributed by atoms with Gasteiger partial charge in [0.05, 0.1) is 6.61 Å². The van der Waals surface area contributed by atoms with E-state index in [1.807, 2.05) is 0 Å². The molecule has 17 heavy (non-hydrogen) atoms. The molecule has 1 aromatic carbocycles. The Kier molecular flexibility index (Phi) is 4.29. The Hall–Kier alpha value is -1.19. The SMILES string of the molecule is COCc1cccc(CN2CCC(=O)CC2)c1. The largest absolute Gasteiger partial charge is 0.380 e. The third-order valence-electron chi connectivity index (χ3n) is 3.12. The summed E-state index contributed by atoms with van der Waals surface area (Å²) in [5.41, 5.74) is 2.51. The second-order valence-electron chi connectivity index (χ2n) is 4.57. The maximum atomic E-state index is 11.2. The second-order valence-corrected chi connectivity index (χ2v) is 4.57. The van der Waals surface area contributed by atoms with Gasteiger partial charge in [0.2, 0.25) is 0 Å². The summed E-state index contributed by atoms with van der Waals surface area (Å²) in [6, 6.07) is 8.46. The molecule has 0 radical (unpaired) electrons. The smallest absolute Gasteiger partial charge is 0.135 e. The van der Waals surface area contributed by atoms with E-state index in [9.17, 15) is 4.79 Å². The van der Waals surface area contributed by atoms with Gasteiger partial charge in [0.1, 0.15) is 5.78 Å². The van der Waals surface area contributed by atoms with E-state index in [0.717, 1.165) is 19.6 Å². The summed E-state index contributed by atoms with van der Waals surface area (Å²) < 4.78 is 5.13. The molecule has 0 bridgehead atoms. The number of hydrogen-bond acceptors (Lipinski definition) is 3. The molecule has 0 aliphatic carbocycles. The molecule has 1 aliphatic rings. The number of hydrogen-bond donors (Lipinski definition) is 0. The summed E-state index contributed by atoms with van der Waals surface area (Å²) in [4.78, 5) is 13.5. The van der Waals surface area contributed by atoms with Crippen LogP contribution in [-0.4, -0.2) is 30.9 Å². The summed E-state index contributed by atoms with van der Waals surface area (Å²) in [7, 11) is 1.71. The number of carbonyl (C=O) groups excluding carboxylic acids is 1. The summed E-state index contributed by atoms with van der Waals surface area (Å²) in [6.45, 7) is 3.39. The maximum Gasteiger partial charge on any atom is 0.135 e. The van der Waals surface area contributed by atoms with Crippen LogP contribution in [0, 0.1) is 0 Å². The number of rotatable bonds is 4. The van der Waals surface area contributed by atoms with E-state index in [-0.39, 0.29) is 0 Å². The Morgan fingerprint density at radius 2 is 1.94 bits per heavy atom. The minimum atomic E-state index is 0.398. The van der Waals surface area contributed by atoms with Gasteiger partial charge < -0.3 is 4.74 Å². The first-order valence-electron chi connectivity index (χ1n) is 6.09. The fourth-order valence-electron chi connectivity index (χ4n) is 2.20. The van der Waals surface area contributed by atoms with Gasteiger partial charge in [0.15, 0.2) is 0 Å². The number of ketones is 1. The molecule has 0 unspecified atom stereocenters. The monoisotopic (exact) mass is 233 g/mol. The van der Waals surface area contributed by atoms with Crippen LogP contribution in [0.1, 0.15) is 24.0 Å². The number of likely N-dealkylation sites (tertiary alicyclic amines) is 1. The average molecular weight is 233 g/mol. The highest BCUT2D eigenvalue weighted by molar-refractivity contribution is 5.79. The highest BCUT2D eigenvalue weighted by atomic mass is 16.5. The van der Waals surface area contributed by atoms with E-state index in [1.165, 1.54) is 11.1 Å². The number of ether oxygens (including phenoxy) is 1. The zero-order valence-electron chi connectivity index (χ0n) is 10.3. The molecule has 0 N–H and O–H groups in total. The van der Waals surface area contributed by atoms with Crippen molar-refractivity contribution in [3.63, 3.8) is 0 Å². The van der Waals surface area contributed by atoms with Gasteiger partial charge in [0.25, 0.3) is 0 Å². The van der Waals surface area contributed by atoms with Crippen LogP contribution in [-0.2, 0) is 22.7 Å². The van der Waals surface area contributed by atoms with Crippen molar-refractivity contribution in [3.05, 3.63) is 35.4 Å². The van der Waals surface area contributed by atoms with Crippen molar-refractivity contribution in [2.75, 3.05) is 20.2 Å². The van der Waals surface area contributed by atoms with Gasteiger partial charge in [0, 0.05) is 39.6 Å². The van der Waals surface area contributed by atoms with E-state index in [0.29, 0.717) is 25.2 Å². The molecule has 3 heteroatoms. The molecule has 1 fully saturated rings. The van der Waals surface area contributed by atoms with Crippen LogP contribution >= 0.6 is 0 Å². The molecule has 0 saturated carbocycles. The summed E-state index contributed by atoms with van der Waals surface area (Å²) >= 11 is 0. The first-order chi connectivity index (χ1) is 8.28. The van der Waals surface area contributed by atoms with Crippen molar-refractivity contribution in [2.24, 2.45) is 0 Å². The maximum absolute atomic E-state index is 11.2. The third kappa shape index (κ3) is 3.65.